The molecule has 0 aromatic heterocycles. The van der Waals surface area contributed by atoms with E-state index in [1.54, 1.807) is 0 Å². The normalized spacial score (nSPS) is 35.7. The predicted octanol–water partition coefficient (Wildman–Crippen LogP) is 4.66. The van der Waals surface area contributed by atoms with Gasteiger partial charge in [0.1, 0.15) is 0 Å². The third kappa shape index (κ3) is 3.35. The Hall–Kier alpha value is -1.84. The fourth-order valence-corrected chi connectivity index (χ4v) is 7.61. The zero-order chi connectivity index (χ0) is 20.3. The van der Waals surface area contributed by atoms with E-state index in [4.69, 9.17) is 0 Å². The van der Waals surface area contributed by atoms with Gasteiger partial charge < -0.3 is 10.6 Å². The molecule has 5 rings (SSSR count). The van der Waals surface area contributed by atoms with Crippen LogP contribution in [0.1, 0.15) is 69.1 Å². The van der Waals surface area contributed by atoms with E-state index in [1.807, 2.05) is 13.8 Å². The molecule has 28 heavy (non-hydrogen) atoms. The lowest BCUT2D eigenvalue weighted by molar-refractivity contribution is -0.170. The van der Waals surface area contributed by atoms with Crippen LogP contribution in [0.4, 0.5) is 5.69 Å². The van der Waals surface area contributed by atoms with Crippen molar-refractivity contribution in [2.24, 2.45) is 22.2 Å². The number of aryl methyl sites for hydroxylation is 3. The van der Waals surface area contributed by atoms with Crippen molar-refractivity contribution in [2.45, 2.75) is 73.1 Å². The summed E-state index contributed by atoms with van der Waals surface area (Å²) in [6.45, 7) is 10.8. The number of hydrogen-bond acceptors (Lipinski definition) is 2. The van der Waals surface area contributed by atoms with Crippen LogP contribution in [0.25, 0.3) is 0 Å². The van der Waals surface area contributed by atoms with Crippen molar-refractivity contribution in [3.63, 3.8) is 0 Å². The lowest BCUT2D eigenvalue weighted by Crippen LogP contribution is -2.60. The van der Waals surface area contributed by atoms with Gasteiger partial charge in [0, 0.05) is 5.69 Å². The summed E-state index contributed by atoms with van der Waals surface area (Å²) >= 11 is 0. The van der Waals surface area contributed by atoms with Gasteiger partial charge in [-0.15, -0.1) is 0 Å². The Labute approximate surface area is 168 Å². The van der Waals surface area contributed by atoms with E-state index in [9.17, 15) is 9.59 Å². The van der Waals surface area contributed by atoms with Gasteiger partial charge in [-0.25, -0.2) is 0 Å². The van der Waals surface area contributed by atoms with Crippen molar-refractivity contribution < 1.29 is 9.59 Å². The van der Waals surface area contributed by atoms with Gasteiger partial charge in [-0.05, 0) is 87.2 Å². The molecule has 4 nitrogen and oxygen atoms in total. The minimum Gasteiger partial charge on any atom is -0.347 e. The number of anilines is 1. The highest BCUT2D eigenvalue weighted by molar-refractivity contribution is 5.96. The molecule has 4 aliphatic carbocycles. The molecule has 2 unspecified atom stereocenters. The minimum absolute atomic E-state index is 0.0471. The van der Waals surface area contributed by atoms with Gasteiger partial charge in [-0.3, -0.25) is 9.59 Å². The first-order chi connectivity index (χ1) is 13.0. The molecule has 4 heteroatoms. The maximum absolute atomic E-state index is 13.2. The molecule has 0 aliphatic heterocycles. The molecule has 4 fully saturated rings. The minimum atomic E-state index is -0.265. The average Bonchev–Trinajstić information content (AvgIpc) is 2.52. The van der Waals surface area contributed by atoms with Gasteiger partial charge in [0.25, 0.3) is 0 Å². The molecular weight excluding hydrogens is 348 g/mol. The fourth-order valence-electron chi connectivity index (χ4n) is 7.61. The highest BCUT2D eigenvalue weighted by Gasteiger charge is 2.62. The number of amides is 2. The van der Waals surface area contributed by atoms with Crippen molar-refractivity contribution in [3.8, 4) is 0 Å². The zero-order valence-corrected chi connectivity index (χ0v) is 18.0. The summed E-state index contributed by atoms with van der Waals surface area (Å²) in [6, 6.07) is 4.13. The smallest absolute Gasteiger partial charge is 0.243 e. The molecule has 2 amide bonds. The number of rotatable bonds is 4. The molecule has 0 heterocycles. The first-order valence-corrected chi connectivity index (χ1v) is 10.7. The van der Waals surface area contributed by atoms with Crippen LogP contribution >= 0.6 is 0 Å². The van der Waals surface area contributed by atoms with Crippen molar-refractivity contribution in [1.82, 2.24) is 5.32 Å². The van der Waals surface area contributed by atoms with Crippen molar-refractivity contribution in [3.05, 3.63) is 28.8 Å². The summed E-state index contributed by atoms with van der Waals surface area (Å²) < 4.78 is 0. The van der Waals surface area contributed by atoms with Crippen LogP contribution in [0.3, 0.4) is 0 Å². The number of nitrogens with one attached hydrogen (secondary N) is 2. The maximum Gasteiger partial charge on any atom is 0.243 e. The third-order valence-corrected chi connectivity index (χ3v) is 7.46. The van der Waals surface area contributed by atoms with Crippen LogP contribution in [-0.2, 0) is 9.59 Å². The van der Waals surface area contributed by atoms with E-state index < -0.39 is 0 Å². The highest BCUT2D eigenvalue weighted by Crippen LogP contribution is 2.69. The fraction of sp³-hybridized carbons (Fsp3) is 0.667. The van der Waals surface area contributed by atoms with Crippen molar-refractivity contribution in [1.29, 1.82) is 0 Å². The quantitative estimate of drug-likeness (QED) is 0.795. The number of carbonyl (C=O) groups excluding carboxylic acids is 2. The van der Waals surface area contributed by atoms with Crippen LogP contribution in [0.15, 0.2) is 12.1 Å². The lowest BCUT2D eigenvalue weighted by Gasteiger charge is -2.64. The molecule has 4 bridgehead atoms. The number of carbonyl (C=O) groups is 2. The van der Waals surface area contributed by atoms with E-state index >= 15 is 0 Å². The van der Waals surface area contributed by atoms with Gasteiger partial charge in [-0.2, -0.15) is 0 Å². The molecule has 0 saturated heterocycles. The molecule has 152 valence electrons. The number of hydrogen-bond donors (Lipinski definition) is 2. The summed E-state index contributed by atoms with van der Waals surface area (Å²) in [5, 5.41) is 5.99. The van der Waals surface area contributed by atoms with E-state index in [-0.39, 0.29) is 23.8 Å². The topological polar surface area (TPSA) is 58.2 Å². The summed E-state index contributed by atoms with van der Waals surface area (Å²) in [5.41, 5.74) is 4.48. The maximum atomic E-state index is 13.2. The standard InChI is InChI=1S/C24H34N2O2/c1-15-6-16(2)20(17(3)7-15)26-19(27)11-25-21(28)24-10-18-8-22(4,13-24)12-23(5,9-18)14-24/h6-7,18H,8-14H2,1-5H3,(H,25,28)(H,26,27). The summed E-state index contributed by atoms with van der Waals surface area (Å²) in [5.74, 6) is 0.621. The Morgan fingerprint density at radius 1 is 0.964 bits per heavy atom. The first kappa shape index (κ1) is 19.5. The molecule has 4 saturated carbocycles. The first-order valence-electron chi connectivity index (χ1n) is 10.7. The van der Waals surface area contributed by atoms with Gasteiger partial charge >= 0.3 is 0 Å². The van der Waals surface area contributed by atoms with Gasteiger partial charge in [0.2, 0.25) is 11.8 Å². The van der Waals surface area contributed by atoms with Crippen molar-refractivity contribution in [2.75, 3.05) is 11.9 Å². The van der Waals surface area contributed by atoms with Gasteiger partial charge in [0.05, 0.1) is 12.0 Å². The van der Waals surface area contributed by atoms with Crippen LogP contribution in [-0.4, -0.2) is 18.4 Å². The molecule has 0 radical (unpaired) electrons. The van der Waals surface area contributed by atoms with Crippen molar-refractivity contribution >= 4 is 17.5 Å². The van der Waals surface area contributed by atoms with Crippen LogP contribution in [0.5, 0.6) is 0 Å². The van der Waals surface area contributed by atoms with E-state index in [0.29, 0.717) is 16.7 Å². The second-order valence-corrected chi connectivity index (χ2v) is 10.9. The third-order valence-electron chi connectivity index (χ3n) is 7.46. The Morgan fingerprint density at radius 2 is 1.54 bits per heavy atom. The second kappa shape index (κ2) is 6.33. The van der Waals surface area contributed by atoms with E-state index in [2.05, 4.69) is 43.5 Å². The Kier molecular flexibility index (Phi) is 4.40. The second-order valence-electron chi connectivity index (χ2n) is 10.9. The van der Waals surface area contributed by atoms with Gasteiger partial charge in [0.15, 0.2) is 0 Å². The Bertz CT molecular complexity index is 802. The van der Waals surface area contributed by atoms with Gasteiger partial charge in [-0.1, -0.05) is 31.5 Å². The van der Waals surface area contributed by atoms with Crippen LogP contribution < -0.4 is 10.6 Å². The molecule has 0 spiro atoms. The molecular formula is C24H34N2O2. The molecule has 2 N–H and O–H groups in total. The predicted molar refractivity (Wildman–Crippen MR) is 112 cm³/mol. The summed E-state index contributed by atoms with van der Waals surface area (Å²) in [6.07, 6.45) is 6.75. The zero-order valence-electron chi connectivity index (χ0n) is 18.0. The Morgan fingerprint density at radius 3 is 2.07 bits per heavy atom. The monoisotopic (exact) mass is 382 g/mol. The van der Waals surface area contributed by atoms with Crippen LogP contribution in [0, 0.1) is 42.9 Å². The lowest BCUT2D eigenvalue weighted by atomic mass is 9.40. The highest BCUT2D eigenvalue weighted by atomic mass is 16.2. The largest absolute Gasteiger partial charge is 0.347 e. The van der Waals surface area contributed by atoms with E-state index in [0.717, 1.165) is 36.1 Å². The molecule has 1 aromatic rings. The molecule has 1 aromatic carbocycles. The van der Waals surface area contributed by atoms with Crippen LogP contribution in [0.2, 0.25) is 0 Å². The molecule has 2 atom stereocenters. The SMILES string of the molecule is Cc1cc(C)c(NC(=O)CNC(=O)C23CC4CC(C)(CC(C)(C4)C2)C3)c(C)c1. The average molecular weight is 383 g/mol. The molecule has 4 aliphatic rings. The summed E-state index contributed by atoms with van der Waals surface area (Å²) in [4.78, 5) is 25.8. The number of benzene rings is 1. The summed E-state index contributed by atoms with van der Waals surface area (Å²) in [7, 11) is 0. The van der Waals surface area contributed by atoms with E-state index in [1.165, 1.54) is 24.8 Å². The Balaban J connectivity index is 1.42.